The number of hydrogen-bond donors (Lipinski definition) is 2. The summed E-state index contributed by atoms with van der Waals surface area (Å²) in [6, 6.07) is 3.57. The third kappa shape index (κ3) is 2.29. The molecule has 3 nitrogen and oxygen atoms in total. The van der Waals surface area contributed by atoms with Gasteiger partial charge in [-0.2, -0.15) is 0 Å². The summed E-state index contributed by atoms with van der Waals surface area (Å²) < 4.78 is 0. The van der Waals surface area contributed by atoms with Gasteiger partial charge in [0.05, 0.1) is 6.42 Å². The molecule has 0 aliphatic rings. The van der Waals surface area contributed by atoms with E-state index in [-0.39, 0.29) is 6.42 Å². The van der Waals surface area contributed by atoms with E-state index in [1.165, 1.54) is 11.3 Å². The first-order chi connectivity index (χ1) is 6.08. The topological polar surface area (TPSA) is 57.5 Å². The zero-order valence-corrected chi connectivity index (χ0v) is 8.17. The highest BCUT2D eigenvalue weighted by Gasteiger charge is 2.30. The monoisotopic (exact) mass is 200 g/mol. The highest BCUT2D eigenvalue weighted by molar-refractivity contribution is 7.10. The molecule has 1 atom stereocenters. The van der Waals surface area contributed by atoms with Crippen molar-refractivity contribution >= 4 is 17.3 Å². The fraction of sp³-hybridized carbons (Fsp3) is 0.444. The van der Waals surface area contributed by atoms with Crippen molar-refractivity contribution in [2.75, 3.05) is 0 Å². The van der Waals surface area contributed by atoms with Crippen molar-refractivity contribution in [1.82, 2.24) is 0 Å². The molecule has 0 saturated heterocycles. The first-order valence-electron chi connectivity index (χ1n) is 4.06. The molecule has 0 spiro atoms. The fourth-order valence-electron chi connectivity index (χ4n) is 1.18. The number of carbonyl (C=O) groups is 1. The van der Waals surface area contributed by atoms with Gasteiger partial charge in [0.15, 0.2) is 0 Å². The van der Waals surface area contributed by atoms with Gasteiger partial charge < -0.3 is 10.2 Å². The Labute approximate surface area is 80.6 Å². The van der Waals surface area contributed by atoms with Crippen LogP contribution in [-0.2, 0) is 10.4 Å². The van der Waals surface area contributed by atoms with Gasteiger partial charge in [0.1, 0.15) is 5.60 Å². The van der Waals surface area contributed by atoms with Gasteiger partial charge in [-0.3, -0.25) is 4.79 Å². The number of aliphatic hydroxyl groups is 1. The minimum atomic E-state index is -1.19. The highest BCUT2D eigenvalue weighted by Crippen LogP contribution is 2.31. The zero-order valence-electron chi connectivity index (χ0n) is 7.36. The first-order valence-corrected chi connectivity index (χ1v) is 4.94. The lowest BCUT2D eigenvalue weighted by molar-refractivity contribution is -0.143. The number of thiophene rings is 1. The van der Waals surface area contributed by atoms with Crippen molar-refractivity contribution in [3.8, 4) is 0 Å². The predicted octanol–water partition coefficient (Wildman–Crippen LogP) is 1.82. The Balaban J connectivity index is 2.87. The SMILES string of the molecule is CCC(O)(CC(=O)O)c1cccs1. The van der Waals surface area contributed by atoms with Crippen molar-refractivity contribution in [1.29, 1.82) is 0 Å². The summed E-state index contributed by atoms with van der Waals surface area (Å²) in [4.78, 5) is 11.2. The van der Waals surface area contributed by atoms with Crippen molar-refractivity contribution in [3.63, 3.8) is 0 Å². The van der Waals surface area contributed by atoms with Crippen molar-refractivity contribution in [3.05, 3.63) is 22.4 Å². The molecule has 1 aromatic rings. The minimum absolute atomic E-state index is 0.232. The van der Waals surface area contributed by atoms with Crippen LogP contribution in [0, 0.1) is 0 Å². The minimum Gasteiger partial charge on any atom is -0.481 e. The number of rotatable bonds is 4. The van der Waals surface area contributed by atoms with E-state index >= 15 is 0 Å². The Morgan fingerprint density at radius 3 is 2.77 bits per heavy atom. The molecule has 1 unspecified atom stereocenters. The van der Waals surface area contributed by atoms with Crippen LogP contribution in [0.1, 0.15) is 24.6 Å². The van der Waals surface area contributed by atoms with Gasteiger partial charge in [0.25, 0.3) is 0 Å². The maximum atomic E-state index is 10.5. The van der Waals surface area contributed by atoms with Crippen LogP contribution in [0.3, 0.4) is 0 Å². The van der Waals surface area contributed by atoms with Gasteiger partial charge >= 0.3 is 5.97 Å². The summed E-state index contributed by atoms with van der Waals surface area (Å²) in [5.41, 5.74) is -1.19. The Morgan fingerprint density at radius 1 is 1.69 bits per heavy atom. The number of carboxylic acids is 1. The van der Waals surface area contributed by atoms with E-state index in [1.54, 1.807) is 13.0 Å². The van der Waals surface area contributed by atoms with E-state index in [4.69, 9.17) is 5.11 Å². The summed E-state index contributed by atoms with van der Waals surface area (Å²) in [7, 11) is 0. The van der Waals surface area contributed by atoms with E-state index in [9.17, 15) is 9.90 Å². The van der Waals surface area contributed by atoms with Crippen molar-refractivity contribution < 1.29 is 15.0 Å². The Hall–Kier alpha value is -0.870. The molecular formula is C9H12O3S. The van der Waals surface area contributed by atoms with Crippen LogP contribution in [0.2, 0.25) is 0 Å². The molecule has 2 N–H and O–H groups in total. The zero-order chi connectivity index (χ0) is 9.90. The summed E-state index contributed by atoms with van der Waals surface area (Å²) in [5.74, 6) is -0.974. The average molecular weight is 200 g/mol. The van der Waals surface area contributed by atoms with Crippen LogP contribution in [0.5, 0.6) is 0 Å². The smallest absolute Gasteiger partial charge is 0.306 e. The maximum Gasteiger partial charge on any atom is 0.306 e. The molecule has 0 aromatic carbocycles. The van der Waals surface area contributed by atoms with Crippen LogP contribution in [-0.4, -0.2) is 16.2 Å². The molecule has 0 bridgehead atoms. The van der Waals surface area contributed by atoms with Gasteiger partial charge in [-0.05, 0) is 17.9 Å². The lowest BCUT2D eigenvalue weighted by atomic mass is 9.95. The Bertz CT molecular complexity index is 281. The van der Waals surface area contributed by atoms with E-state index in [0.717, 1.165) is 4.88 Å². The van der Waals surface area contributed by atoms with Crippen LogP contribution >= 0.6 is 11.3 Å². The largest absolute Gasteiger partial charge is 0.481 e. The average Bonchev–Trinajstić information content (AvgIpc) is 2.55. The number of aliphatic carboxylic acids is 1. The molecule has 0 aliphatic carbocycles. The number of carboxylic acid groups (broad SMARTS) is 1. The van der Waals surface area contributed by atoms with E-state index in [1.807, 2.05) is 11.4 Å². The third-order valence-electron chi connectivity index (χ3n) is 2.01. The fourth-order valence-corrected chi connectivity index (χ4v) is 2.08. The van der Waals surface area contributed by atoms with E-state index in [2.05, 4.69) is 0 Å². The first kappa shape index (κ1) is 10.2. The van der Waals surface area contributed by atoms with Gasteiger partial charge in [0.2, 0.25) is 0 Å². The van der Waals surface area contributed by atoms with Crippen molar-refractivity contribution in [2.24, 2.45) is 0 Å². The number of hydrogen-bond acceptors (Lipinski definition) is 3. The van der Waals surface area contributed by atoms with Gasteiger partial charge in [-0.25, -0.2) is 0 Å². The molecule has 0 saturated carbocycles. The molecule has 0 radical (unpaired) electrons. The molecule has 4 heteroatoms. The molecule has 0 aliphatic heterocycles. The molecule has 0 amide bonds. The molecule has 1 aromatic heterocycles. The Kier molecular flexibility index (Phi) is 3.06. The Morgan fingerprint density at radius 2 is 2.38 bits per heavy atom. The van der Waals surface area contributed by atoms with Crippen LogP contribution in [0.25, 0.3) is 0 Å². The molecule has 0 fully saturated rings. The van der Waals surface area contributed by atoms with Crippen LogP contribution in [0.15, 0.2) is 17.5 Å². The molecule has 13 heavy (non-hydrogen) atoms. The highest BCUT2D eigenvalue weighted by atomic mass is 32.1. The molecule has 1 heterocycles. The van der Waals surface area contributed by atoms with Crippen LogP contribution < -0.4 is 0 Å². The lowest BCUT2D eigenvalue weighted by Gasteiger charge is -2.23. The molecule has 72 valence electrons. The third-order valence-corrected chi connectivity index (χ3v) is 3.07. The maximum absolute atomic E-state index is 10.5. The van der Waals surface area contributed by atoms with E-state index in [0.29, 0.717) is 6.42 Å². The second-order valence-corrected chi connectivity index (χ2v) is 3.88. The second kappa shape index (κ2) is 3.89. The molecular weight excluding hydrogens is 188 g/mol. The predicted molar refractivity (Wildman–Crippen MR) is 50.8 cm³/mol. The quantitative estimate of drug-likeness (QED) is 0.779. The standard InChI is InChI=1S/C9H12O3S/c1-2-9(12,6-8(10)11)7-4-3-5-13-7/h3-5,12H,2,6H2,1H3,(H,10,11). The summed E-state index contributed by atoms with van der Waals surface area (Å²) in [5, 5.41) is 20.4. The van der Waals surface area contributed by atoms with Gasteiger partial charge in [0, 0.05) is 4.88 Å². The van der Waals surface area contributed by atoms with Crippen LogP contribution in [0.4, 0.5) is 0 Å². The second-order valence-electron chi connectivity index (χ2n) is 2.93. The van der Waals surface area contributed by atoms with E-state index < -0.39 is 11.6 Å². The van der Waals surface area contributed by atoms with Gasteiger partial charge in [-0.15, -0.1) is 11.3 Å². The van der Waals surface area contributed by atoms with Gasteiger partial charge in [-0.1, -0.05) is 13.0 Å². The molecule has 1 rings (SSSR count). The summed E-state index contributed by atoms with van der Waals surface area (Å²) >= 11 is 1.38. The summed E-state index contributed by atoms with van der Waals surface area (Å²) in [6.07, 6.45) is 0.184. The summed E-state index contributed by atoms with van der Waals surface area (Å²) in [6.45, 7) is 1.78. The lowest BCUT2D eigenvalue weighted by Crippen LogP contribution is -2.26. The normalized spacial score (nSPS) is 15.2. The van der Waals surface area contributed by atoms with Crippen molar-refractivity contribution in [2.45, 2.75) is 25.4 Å².